The van der Waals surface area contributed by atoms with Gasteiger partial charge in [-0.1, -0.05) is 29.8 Å². The summed E-state index contributed by atoms with van der Waals surface area (Å²) in [5.74, 6) is 1.52. The standard InChI is InChI=1S/C11H22BrNO/c1-10(2)9-14-6-5-13-4-3-11(7-12)8-13/h10-11H,3-9H2,1-2H3. The Morgan fingerprint density at radius 2 is 2.29 bits per heavy atom. The van der Waals surface area contributed by atoms with Crippen LogP contribution in [0.1, 0.15) is 20.3 Å². The molecule has 14 heavy (non-hydrogen) atoms. The molecule has 0 saturated carbocycles. The van der Waals surface area contributed by atoms with Gasteiger partial charge in [0.2, 0.25) is 0 Å². The molecular weight excluding hydrogens is 242 g/mol. The number of hydrogen-bond acceptors (Lipinski definition) is 2. The summed E-state index contributed by atoms with van der Waals surface area (Å²) in [5, 5.41) is 1.15. The minimum Gasteiger partial charge on any atom is -0.380 e. The Morgan fingerprint density at radius 1 is 1.50 bits per heavy atom. The molecule has 1 unspecified atom stereocenters. The largest absolute Gasteiger partial charge is 0.380 e. The van der Waals surface area contributed by atoms with Crippen molar-refractivity contribution in [3.05, 3.63) is 0 Å². The van der Waals surface area contributed by atoms with Gasteiger partial charge in [-0.15, -0.1) is 0 Å². The van der Waals surface area contributed by atoms with Gasteiger partial charge in [-0.05, 0) is 24.8 Å². The van der Waals surface area contributed by atoms with E-state index in [1.165, 1.54) is 19.5 Å². The number of rotatable bonds is 6. The highest BCUT2D eigenvalue weighted by atomic mass is 79.9. The lowest BCUT2D eigenvalue weighted by Gasteiger charge is -2.15. The number of alkyl halides is 1. The zero-order valence-corrected chi connectivity index (χ0v) is 10.9. The van der Waals surface area contributed by atoms with Gasteiger partial charge in [0.1, 0.15) is 0 Å². The maximum Gasteiger partial charge on any atom is 0.0593 e. The molecule has 0 N–H and O–H groups in total. The molecule has 0 aromatic heterocycles. The summed E-state index contributed by atoms with van der Waals surface area (Å²) in [6.07, 6.45) is 1.34. The normalized spacial score (nSPS) is 23.6. The number of halogens is 1. The van der Waals surface area contributed by atoms with Crippen molar-refractivity contribution < 1.29 is 4.74 Å². The predicted molar refractivity (Wildman–Crippen MR) is 64.0 cm³/mol. The topological polar surface area (TPSA) is 12.5 Å². The van der Waals surface area contributed by atoms with Crippen molar-refractivity contribution in [2.75, 3.05) is 38.2 Å². The molecule has 1 heterocycles. The minimum absolute atomic E-state index is 0.656. The van der Waals surface area contributed by atoms with E-state index in [0.29, 0.717) is 5.92 Å². The molecule has 2 nitrogen and oxygen atoms in total. The SMILES string of the molecule is CC(C)COCCN1CCC(CBr)C1. The first kappa shape index (κ1) is 12.5. The molecule has 0 spiro atoms. The van der Waals surface area contributed by atoms with Crippen LogP contribution >= 0.6 is 15.9 Å². The van der Waals surface area contributed by atoms with Crippen LogP contribution in [0, 0.1) is 11.8 Å². The molecule has 0 radical (unpaired) electrons. The molecule has 1 aliphatic heterocycles. The van der Waals surface area contributed by atoms with Gasteiger partial charge in [0.05, 0.1) is 6.61 Å². The van der Waals surface area contributed by atoms with Crippen molar-refractivity contribution in [1.82, 2.24) is 4.90 Å². The third-order valence-corrected chi connectivity index (χ3v) is 3.51. The van der Waals surface area contributed by atoms with Crippen LogP contribution in [-0.2, 0) is 4.74 Å². The average Bonchev–Trinajstić information content (AvgIpc) is 2.60. The van der Waals surface area contributed by atoms with Crippen molar-refractivity contribution in [3.63, 3.8) is 0 Å². The average molecular weight is 264 g/mol. The molecular formula is C11H22BrNO. The van der Waals surface area contributed by atoms with Gasteiger partial charge in [0.15, 0.2) is 0 Å². The molecule has 0 bridgehead atoms. The quantitative estimate of drug-likeness (QED) is 0.539. The lowest BCUT2D eigenvalue weighted by atomic mass is 10.2. The van der Waals surface area contributed by atoms with E-state index in [1.807, 2.05) is 0 Å². The van der Waals surface area contributed by atoms with Crippen molar-refractivity contribution >= 4 is 15.9 Å². The summed E-state index contributed by atoms with van der Waals surface area (Å²) in [6.45, 7) is 9.78. The van der Waals surface area contributed by atoms with Crippen LogP contribution in [0.25, 0.3) is 0 Å². The van der Waals surface area contributed by atoms with Gasteiger partial charge in [0, 0.05) is 25.0 Å². The van der Waals surface area contributed by atoms with Crippen LogP contribution in [0.4, 0.5) is 0 Å². The van der Waals surface area contributed by atoms with Crippen LogP contribution < -0.4 is 0 Å². The molecule has 1 aliphatic rings. The zero-order valence-electron chi connectivity index (χ0n) is 9.34. The van der Waals surface area contributed by atoms with Crippen molar-refractivity contribution in [1.29, 1.82) is 0 Å². The molecule has 84 valence electrons. The Kier molecular flexibility index (Phi) is 6.06. The van der Waals surface area contributed by atoms with Gasteiger partial charge in [-0.3, -0.25) is 0 Å². The van der Waals surface area contributed by atoms with E-state index < -0.39 is 0 Å². The fraction of sp³-hybridized carbons (Fsp3) is 1.00. The molecule has 0 aromatic rings. The second-order valence-electron chi connectivity index (χ2n) is 4.58. The number of ether oxygens (including phenoxy) is 1. The van der Waals surface area contributed by atoms with E-state index >= 15 is 0 Å². The van der Waals surface area contributed by atoms with E-state index in [2.05, 4.69) is 34.7 Å². The first-order valence-electron chi connectivity index (χ1n) is 5.58. The highest BCUT2D eigenvalue weighted by molar-refractivity contribution is 9.09. The second-order valence-corrected chi connectivity index (χ2v) is 5.23. The Balaban J connectivity index is 1.97. The Bertz CT molecular complexity index is 152. The number of likely N-dealkylation sites (tertiary alicyclic amines) is 1. The lowest BCUT2D eigenvalue weighted by molar-refractivity contribution is 0.0905. The zero-order chi connectivity index (χ0) is 10.4. The van der Waals surface area contributed by atoms with E-state index in [4.69, 9.17) is 4.74 Å². The summed E-state index contributed by atoms with van der Waals surface area (Å²) in [7, 11) is 0. The van der Waals surface area contributed by atoms with E-state index in [9.17, 15) is 0 Å². The van der Waals surface area contributed by atoms with Crippen LogP contribution in [-0.4, -0.2) is 43.1 Å². The molecule has 3 heteroatoms. The molecule has 0 amide bonds. The Hall–Kier alpha value is 0.400. The first-order chi connectivity index (χ1) is 6.72. The Labute approximate surface area is 96.1 Å². The van der Waals surface area contributed by atoms with Crippen molar-refractivity contribution in [2.24, 2.45) is 11.8 Å². The fourth-order valence-corrected chi connectivity index (χ4v) is 2.28. The van der Waals surface area contributed by atoms with Crippen LogP contribution in [0.2, 0.25) is 0 Å². The van der Waals surface area contributed by atoms with Crippen LogP contribution in [0.15, 0.2) is 0 Å². The van der Waals surface area contributed by atoms with Gasteiger partial charge in [-0.25, -0.2) is 0 Å². The van der Waals surface area contributed by atoms with Gasteiger partial charge >= 0.3 is 0 Å². The summed E-state index contributed by atoms with van der Waals surface area (Å²) in [5.41, 5.74) is 0. The minimum atomic E-state index is 0.656. The van der Waals surface area contributed by atoms with Gasteiger partial charge in [0.25, 0.3) is 0 Å². The molecule has 1 atom stereocenters. The highest BCUT2D eigenvalue weighted by Crippen LogP contribution is 2.17. The van der Waals surface area contributed by atoms with Gasteiger partial charge in [-0.2, -0.15) is 0 Å². The summed E-state index contributed by atoms with van der Waals surface area (Å²) in [4.78, 5) is 2.51. The molecule has 0 aromatic carbocycles. The third-order valence-electron chi connectivity index (χ3n) is 2.59. The van der Waals surface area contributed by atoms with E-state index in [-0.39, 0.29) is 0 Å². The highest BCUT2D eigenvalue weighted by Gasteiger charge is 2.20. The van der Waals surface area contributed by atoms with Crippen LogP contribution in [0.3, 0.4) is 0 Å². The molecule has 1 saturated heterocycles. The van der Waals surface area contributed by atoms with Crippen molar-refractivity contribution in [2.45, 2.75) is 20.3 Å². The van der Waals surface area contributed by atoms with Gasteiger partial charge < -0.3 is 9.64 Å². The third kappa shape index (κ3) is 4.76. The molecule has 0 aliphatic carbocycles. The summed E-state index contributed by atoms with van der Waals surface area (Å²) < 4.78 is 5.57. The summed E-state index contributed by atoms with van der Waals surface area (Å²) in [6, 6.07) is 0. The predicted octanol–water partition coefficient (Wildman–Crippen LogP) is 2.38. The number of hydrogen-bond donors (Lipinski definition) is 0. The van der Waals surface area contributed by atoms with E-state index in [1.54, 1.807) is 0 Å². The Morgan fingerprint density at radius 3 is 2.86 bits per heavy atom. The first-order valence-corrected chi connectivity index (χ1v) is 6.70. The molecule has 1 fully saturated rings. The number of nitrogens with zero attached hydrogens (tertiary/aromatic N) is 1. The smallest absolute Gasteiger partial charge is 0.0593 e. The maximum atomic E-state index is 5.57. The maximum absolute atomic E-state index is 5.57. The molecule has 1 rings (SSSR count). The van der Waals surface area contributed by atoms with E-state index in [0.717, 1.165) is 31.0 Å². The van der Waals surface area contributed by atoms with Crippen LogP contribution in [0.5, 0.6) is 0 Å². The fourth-order valence-electron chi connectivity index (χ4n) is 1.75. The lowest BCUT2D eigenvalue weighted by Crippen LogP contribution is -2.26. The van der Waals surface area contributed by atoms with Crippen molar-refractivity contribution in [3.8, 4) is 0 Å². The summed E-state index contributed by atoms with van der Waals surface area (Å²) >= 11 is 3.55. The second kappa shape index (κ2) is 6.81. The monoisotopic (exact) mass is 263 g/mol.